The number of primary amides is 1. The third-order valence-corrected chi connectivity index (χ3v) is 3.50. The Morgan fingerprint density at radius 3 is 2.71 bits per heavy atom. The fourth-order valence-electron chi connectivity index (χ4n) is 2.16. The minimum atomic E-state index is -1.37. The summed E-state index contributed by atoms with van der Waals surface area (Å²) in [7, 11) is 0. The van der Waals surface area contributed by atoms with Crippen molar-refractivity contribution in [3.05, 3.63) is 12.2 Å². The average Bonchev–Trinajstić information content (AvgIpc) is 3.12. The molecule has 1 aromatic rings. The summed E-state index contributed by atoms with van der Waals surface area (Å²) in [6, 6.07) is -0.872. The van der Waals surface area contributed by atoms with Crippen LogP contribution in [-0.4, -0.2) is 74.4 Å². The minimum absolute atomic E-state index is 0.230. The SMILES string of the molecule is NCC[C@H](N)C(=O)OC[C@H]1O[C@@H](n2cnc(C(N)=O)n2)[C@H](O)[C@@H]1O. The van der Waals surface area contributed by atoms with E-state index < -0.39 is 42.5 Å². The Bertz CT molecular complexity index is 594. The maximum absolute atomic E-state index is 11.6. The molecule has 0 unspecified atom stereocenters. The first-order valence-electron chi connectivity index (χ1n) is 7.20. The Morgan fingerprint density at radius 1 is 1.42 bits per heavy atom. The van der Waals surface area contributed by atoms with Gasteiger partial charge in [0.05, 0.1) is 0 Å². The van der Waals surface area contributed by atoms with Gasteiger partial charge in [0, 0.05) is 0 Å². The normalized spacial score (nSPS) is 27.8. The first-order chi connectivity index (χ1) is 11.3. The minimum Gasteiger partial charge on any atom is -0.462 e. The highest BCUT2D eigenvalue weighted by atomic mass is 16.6. The van der Waals surface area contributed by atoms with Crippen molar-refractivity contribution < 1.29 is 29.3 Å². The number of aliphatic hydroxyl groups excluding tert-OH is 2. The number of aromatic nitrogens is 3. The molecule has 134 valence electrons. The summed E-state index contributed by atoms with van der Waals surface area (Å²) in [6.07, 6.45) is -3.43. The van der Waals surface area contributed by atoms with Gasteiger partial charge in [-0.15, -0.1) is 5.10 Å². The van der Waals surface area contributed by atoms with Gasteiger partial charge in [-0.25, -0.2) is 9.67 Å². The maximum Gasteiger partial charge on any atom is 0.323 e. The molecule has 1 fully saturated rings. The molecule has 0 spiro atoms. The number of rotatable bonds is 7. The van der Waals surface area contributed by atoms with Crippen molar-refractivity contribution in [2.24, 2.45) is 17.2 Å². The molecule has 0 bridgehead atoms. The van der Waals surface area contributed by atoms with Crippen molar-refractivity contribution in [2.75, 3.05) is 13.2 Å². The fourth-order valence-corrected chi connectivity index (χ4v) is 2.16. The molecule has 1 saturated heterocycles. The van der Waals surface area contributed by atoms with Crippen molar-refractivity contribution in [2.45, 2.75) is 37.0 Å². The van der Waals surface area contributed by atoms with E-state index in [9.17, 15) is 19.8 Å². The quantitative estimate of drug-likeness (QED) is 0.305. The number of carbonyl (C=O) groups is 2. The van der Waals surface area contributed by atoms with Gasteiger partial charge in [-0.05, 0) is 13.0 Å². The van der Waals surface area contributed by atoms with Crippen LogP contribution < -0.4 is 17.2 Å². The van der Waals surface area contributed by atoms with Gasteiger partial charge in [0.1, 0.15) is 37.3 Å². The predicted molar refractivity (Wildman–Crippen MR) is 77.1 cm³/mol. The molecule has 0 saturated carbocycles. The lowest BCUT2D eigenvalue weighted by molar-refractivity contribution is -0.152. The Labute approximate surface area is 136 Å². The predicted octanol–water partition coefficient (Wildman–Crippen LogP) is -3.78. The van der Waals surface area contributed by atoms with Gasteiger partial charge in [0.15, 0.2) is 6.23 Å². The van der Waals surface area contributed by atoms with E-state index in [0.29, 0.717) is 0 Å². The van der Waals surface area contributed by atoms with Crippen LogP contribution in [0.5, 0.6) is 0 Å². The fraction of sp³-hybridized carbons (Fsp3) is 0.667. The summed E-state index contributed by atoms with van der Waals surface area (Å²) in [5.41, 5.74) is 15.9. The molecular formula is C12H20N6O6. The average molecular weight is 344 g/mol. The van der Waals surface area contributed by atoms with E-state index in [-0.39, 0.29) is 25.4 Å². The highest BCUT2D eigenvalue weighted by Crippen LogP contribution is 2.28. The molecule has 2 heterocycles. The summed E-state index contributed by atoms with van der Waals surface area (Å²) in [5.74, 6) is -1.80. The second-order valence-corrected chi connectivity index (χ2v) is 5.27. The van der Waals surface area contributed by atoms with E-state index in [1.54, 1.807) is 0 Å². The molecule has 1 amide bonds. The molecule has 24 heavy (non-hydrogen) atoms. The van der Waals surface area contributed by atoms with Crippen LogP contribution in [0.4, 0.5) is 0 Å². The molecule has 1 aliphatic heterocycles. The molecule has 1 aromatic heterocycles. The van der Waals surface area contributed by atoms with Gasteiger partial charge in [-0.3, -0.25) is 9.59 Å². The number of ether oxygens (including phenoxy) is 2. The molecule has 0 aromatic carbocycles. The number of esters is 1. The van der Waals surface area contributed by atoms with Crippen LogP contribution in [0.25, 0.3) is 0 Å². The van der Waals surface area contributed by atoms with E-state index in [4.69, 9.17) is 26.7 Å². The number of hydrogen-bond acceptors (Lipinski definition) is 10. The van der Waals surface area contributed by atoms with Crippen LogP contribution in [0.2, 0.25) is 0 Å². The number of hydrogen-bond donors (Lipinski definition) is 5. The molecule has 0 aliphatic carbocycles. The van der Waals surface area contributed by atoms with Crippen LogP contribution in [-0.2, 0) is 14.3 Å². The van der Waals surface area contributed by atoms with Gasteiger partial charge in [0.2, 0.25) is 5.82 Å². The van der Waals surface area contributed by atoms with Gasteiger partial charge >= 0.3 is 5.97 Å². The van der Waals surface area contributed by atoms with Gasteiger partial charge in [-0.1, -0.05) is 0 Å². The first-order valence-corrected chi connectivity index (χ1v) is 7.20. The number of nitrogens with zero attached hydrogens (tertiary/aromatic N) is 3. The van der Waals surface area contributed by atoms with Crippen LogP contribution in [0, 0.1) is 0 Å². The topological polar surface area (TPSA) is 202 Å². The second kappa shape index (κ2) is 7.63. The first kappa shape index (κ1) is 18.2. The van der Waals surface area contributed by atoms with Crippen molar-refractivity contribution in [3.8, 4) is 0 Å². The van der Waals surface area contributed by atoms with E-state index in [2.05, 4.69) is 10.1 Å². The number of nitrogens with two attached hydrogens (primary N) is 3. The lowest BCUT2D eigenvalue weighted by Crippen LogP contribution is -2.38. The molecule has 8 N–H and O–H groups in total. The maximum atomic E-state index is 11.6. The summed E-state index contributed by atoms with van der Waals surface area (Å²) in [5, 5.41) is 23.8. The summed E-state index contributed by atoms with van der Waals surface area (Å²) in [4.78, 5) is 26.3. The van der Waals surface area contributed by atoms with Crippen molar-refractivity contribution >= 4 is 11.9 Å². The monoisotopic (exact) mass is 344 g/mol. The van der Waals surface area contributed by atoms with Crippen molar-refractivity contribution in [1.82, 2.24) is 14.8 Å². The van der Waals surface area contributed by atoms with Gasteiger partial charge < -0.3 is 36.9 Å². The van der Waals surface area contributed by atoms with E-state index in [1.807, 2.05) is 0 Å². The van der Waals surface area contributed by atoms with Gasteiger partial charge in [0.25, 0.3) is 5.91 Å². The van der Waals surface area contributed by atoms with Crippen LogP contribution >= 0.6 is 0 Å². The zero-order valence-electron chi connectivity index (χ0n) is 12.7. The van der Waals surface area contributed by atoms with Crippen molar-refractivity contribution in [1.29, 1.82) is 0 Å². The zero-order chi connectivity index (χ0) is 17.9. The Morgan fingerprint density at radius 2 is 2.12 bits per heavy atom. The standard InChI is InChI=1S/C12H20N6O6/c13-2-1-5(14)12(22)23-3-6-7(19)8(20)11(24-6)18-4-16-10(17-18)9(15)21/h4-8,11,19-20H,1-3,13-14H2,(H2,15,21)/t5-,6+,7+,8+,11+/m0/s1. The van der Waals surface area contributed by atoms with E-state index in [1.165, 1.54) is 0 Å². The summed E-state index contributed by atoms with van der Waals surface area (Å²) >= 11 is 0. The Balaban J connectivity index is 1.96. The van der Waals surface area contributed by atoms with E-state index in [0.717, 1.165) is 11.0 Å². The molecule has 0 radical (unpaired) electrons. The Kier molecular flexibility index (Phi) is 5.80. The summed E-state index contributed by atoms with van der Waals surface area (Å²) in [6.45, 7) is -0.0860. The number of aliphatic hydroxyl groups is 2. The zero-order valence-corrected chi connectivity index (χ0v) is 12.7. The Hall–Kier alpha value is -2.12. The largest absolute Gasteiger partial charge is 0.462 e. The number of carbonyl (C=O) groups excluding carboxylic acids is 2. The lowest BCUT2D eigenvalue weighted by Gasteiger charge is -2.16. The summed E-state index contributed by atoms with van der Waals surface area (Å²) < 4.78 is 11.4. The van der Waals surface area contributed by atoms with E-state index >= 15 is 0 Å². The van der Waals surface area contributed by atoms with Crippen LogP contribution in [0.1, 0.15) is 23.3 Å². The third kappa shape index (κ3) is 3.85. The van der Waals surface area contributed by atoms with Crippen LogP contribution in [0.15, 0.2) is 6.33 Å². The molecule has 2 rings (SSSR count). The lowest BCUT2D eigenvalue weighted by atomic mass is 10.1. The third-order valence-electron chi connectivity index (χ3n) is 3.50. The highest BCUT2D eigenvalue weighted by molar-refractivity contribution is 5.88. The molecule has 12 nitrogen and oxygen atoms in total. The molecule has 12 heteroatoms. The molecule has 1 aliphatic rings. The van der Waals surface area contributed by atoms with Crippen molar-refractivity contribution in [3.63, 3.8) is 0 Å². The van der Waals surface area contributed by atoms with Crippen LogP contribution in [0.3, 0.4) is 0 Å². The number of amides is 1. The molecule has 5 atom stereocenters. The second-order valence-electron chi connectivity index (χ2n) is 5.27. The smallest absolute Gasteiger partial charge is 0.323 e. The molecular weight excluding hydrogens is 324 g/mol. The van der Waals surface area contributed by atoms with Gasteiger partial charge in [-0.2, -0.15) is 0 Å². The highest BCUT2D eigenvalue weighted by Gasteiger charge is 2.45.